The van der Waals surface area contributed by atoms with Crippen molar-refractivity contribution in [3.8, 4) is 11.4 Å². The Balaban J connectivity index is 0. The first-order valence-corrected chi connectivity index (χ1v) is 10.4. The van der Waals surface area contributed by atoms with Gasteiger partial charge in [-0.1, -0.05) is 83.0 Å². The van der Waals surface area contributed by atoms with Gasteiger partial charge < -0.3 is 10.6 Å². The van der Waals surface area contributed by atoms with Crippen LogP contribution in [0.15, 0.2) is 24.3 Å². The van der Waals surface area contributed by atoms with Crippen LogP contribution in [0.1, 0.15) is 59.6 Å². The molecule has 0 spiro atoms. The van der Waals surface area contributed by atoms with Crippen LogP contribution in [-0.2, 0) is 4.79 Å². The number of anilines is 1. The van der Waals surface area contributed by atoms with Crippen molar-refractivity contribution in [2.75, 3.05) is 18.4 Å². The summed E-state index contributed by atoms with van der Waals surface area (Å²) < 4.78 is 0. The second-order valence-corrected chi connectivity index (χ2v) is 5.45. The molecule has 2 rings (SSSR count). The van der Waals surface area contributed by atoms with Gasteiger partial charge >= 0.3 is 0 Å². The van der Waals surface area contributed by atoms with E-state index in [1.165, 1.54) is 12.5 Å². The highest BCUT2D eigenvalue weighted by Gasteiger charge is 2.10. The first kappa shape index (κ1) is 28.1. The Morgan fingerprint density at radius 1 is 0.929 bits per heavy atom. The smallest absolute Gasteiger partial charge is 0.216 e. The van der Waals surface area contributed by atoms with E-state index < -0.39 is 0 Å². The van der Waals surface area contributed by atoms with Gasteiger partial charge in [0.1, 0.15) is 11.0 Å². The van der Waals surface area contributed by atoms with Crippen molar-refractivity contribution < 1.29 is 4.79 Å². The molecule has 0 saturated carbocycles. The molecule has 0 saturated heterocycles. The molecule has 1 aromatic carbocycles. The van der Waals surface area contributed by atoms with E-state index in [0.717, 1.165) is 11.1 Å². The van der Waals surface area contributed by atoms with E-state index in [0.29, 0.717) is 29.9 Å². The monoisotopic (exact) mass is 408 g/mol. The molecular formula is C22H37ClN4O. The van der Waals surface area contributed by atoms with E-state index in [9.17, 15) is 4.79 Å². The topological polar surface area (TPSA) is 66.9 Å². The Labute approximate surface area is 176 Å². The molecule has 0 aliphatic heterocycles. The molecule has 0 fully saturated rings. The van der Waals surface area contributed by atoms with Crippen molar-refractivity contribution in [3.05, 3.63) is 40.5 Å². The molecule has 5 nitrogen and oxygen atoms in total. The van der Waals surface area contributed by atoms with Gasteiger partial charge in [0.15, 0.2) is 5.82 Å². The van der Waals surface area contributed by atoms with Gasteiger partial charge in [0, 0.05) is 31.1 Å². The van der Waals surface area contributed by atoms with Crippen LogP contribution >= 0.6 is 11.6 Å². The number of nitrogens with one attached hydrogen (secondary N) is 2. The molecule has 1 aromatic heterocycles. The van der Waals surface area contributed by atoms with Gasteiger partial charge in [-0.05, 0) is 13.8 Å². The predicted octanol–water partition coefficient (Wildman–Crippen LogP) is 6.04. The summed E-state index contributed by atoms with van der Waals surface area (Å²) in [5, 5.41) is 6.33. The number of aromatic nitrogens is 2. The summed E-state index contributed by atoms with van der Waals surface area (Å²) in [6.45, 7) is 18.5. The second-order valence-electron chi connectivity index (χ2n) is 5.09. The summed E-state index contributed by atoms with van der Waals surface area (Å²) in [7, 11) is 0. The minimum Gasteiger partial charge on any atom is -0.368 e. The lowest BCUT2D eigenvalue weighted by atomic mass is 10.1. The van der Waals surface area contributed by atoms with E-state index in [-0.39, 0.29) is 5.91 Å². The molecule has 0 atom stereocenters. The molecule has 28 heavy (non-hydrogen) atoms. The van der Waals surface area contributed by atoms with E-state index in [2.05, 4.69) is 20.6 Å². The molecule has 1 heterocycles. The number of amides is 1. The zero-order chi connectivity index (χ0) is 22.1. The summed E-state index contributed by atoms with van der Waals surface area (Å²) in [6.07, 6.45) is 0. The number of carbonyl (C=O) groups excluding carboxylic acids is 1. The molecule has 0 aliphatic carbocycles. The average Bonchev–Trinajstić information content (AvgIpc) is 2.73. The van der Waals surface area contributed by atoms with E-state index in [1.807, 2.05) is 79.7 Å². The van der Waals surface area contributed by atoms with Crippen LogP contribution in [0, 0.1) is 13.8 Å². The number of aryl methyl sites for hydroxylation is 1. The van der Waals surface area contributed by atoms with Crippen LogP contribution < -0.4 is 10.6 Å². The number of hydrogen-bond donors (Lipinski definition) is 2. The number of benzene rings is 1. The van der Waals surface area contributed by atoms with Gasteiger partial charge in [0.25, 0.3) is 0 Å². The summed E-state index contributed by atoms with van der Waals surface area (Å²) in [5.74, 6) is 1.21. The summed E-state index contributed by atoms with van der Waals surface area (Å²) in [5.41, 5.74) is 2.88. The Hall–Kier alpha value is -2.14. The maximum absolute atomic E-state index is 10.9. The predicted molar refractivity (Wildman–Crippen MR) is 123 cm³/mol. The third-order valence-electron chi connectivity index (χ3n) is 3.19. The Morgan fingerprint density at radius 3 is 1.96 bits per heavy atom. The fourth-order valence-corrected chi connectivity index (χ4v) is 2.08. The Kier molecular flexibility index (Phi) is 17.0. The van der Waals surface area contributed by atoms with Crippen LogP contribution in [-0.4, -0.2) is 29.0 Å². The number of carbonyl (C=O) groups is 1. The summed E-state index contributed by atoms with van der Waals surface area (Å²) in [4.78, 5) is 19.7. The van der Waals surface area contributed by atoms with Crippen molar-refractivity contribution >= 4 is 23.3 Å². The average molecular weight is 409 g/mol. The van der Waals surface area contributed by atoms with Gasteiger partial charge in [-0.15, -0.1) is 0 Å². The zero-order valence-electron chi connectivity index (χ0n) is 18.9. The number of hydrogen-bond acceptors (Lipinski definition) is 4. The summed E-state index contributed by atoms with van der Waals surface area (Å²) in [6, 6.07) is 7.96. The van der Waals surface area contributed by atoms with E-state index in [4.69, 9.17) is 11.6 Å². The Bertz CT molecular complexity index is 673. The first-order chi connectivity index (χ1) is 13.5. The van der Waals surface area contributed by atoms with Crippen molar-refractivity contribution in [1.82, 2.24) is 15.3 Å². The third-order valence-corrected chi connectivity index (χ3v) is 3.56. The van der Waals surface area contributed by atoms with Gasteiger partial charge in [-0.25, -0.2) is 9.97 Å². The third kappa shape index (κ3) is 10.3. The molecular weight excluding hydrogens is 372 g/mol. The van der Waals surface area contributed by atoms with Crippen LogP contribution in [0.4, 0.5) is 5.82 Å². The van der Waals surface area contributed by atoms with Gasteiger partial charge in [-0.2, -0.15) is 0 Å². The molecule has 0 bridgehead atoms. The van der Waals surface area contributed by atoms with Crippen molar-refractivity contribution in [3.63, 3.8) is 0 Å². The van der Waals surface area contributed by atoms with Gasteiger partial charge in [0.05, 0.1) is 0 Å². The van der Waals surface area contributed by atoms with Gasteiger partial charge in [-0.3, -0.25) is 4.79 Å². The van der Waals surface area contributed by atoms with Crippen molar-refractivity contribution in [2.45, 2.75) is 62.3 Å². The van der Waals surface area contributed by atoms with Crippen LogP contribution in [0.3, 0.4) is 0 Å². The van der Waals surface area contributed by atoms with Crippen molar-refractivity contribution in [2.24, 2.45) is 0 Å². The van der Waals surface area contributed by atoms with Crippen LogP contribution in [0.5, 0.6) is 0 Å². The lowest BCUT2D eigenvalue weighted by Crippen LogP contribution is -2.26. The SMILES string of the molecule is CC.CC.CC.CC(=O)NCCNc1nc(-c2ccc(C)cc2)nc(Cl)c1C. The fraction of sp³-hybridized carbons (Fsp3) is 0.500. The number of nitrogens with zero attached hydrogens (tertiary/aromatic N) is 2. The first-order valence-electron chi connectivity index (χ1n) is 10.1. The fourth-order valence-electron chi connectivity index (χ4n) is 1.91. The minimum absolute atomic E-state index is 0.0559. The molecule has 6 heteroatoms. The Morgan fingerprint density at radius 2 is 1.46 bits per heavy atom. The second kappa shape index (κ2) is 17.0. The molecule has 0 unspecified atom stereocenters. The maximum Gasteiger partial charge on any atom is 0.216 e. The highest BCUT2D eigenvalue weighted by Crippen LogP contribution is 2.24. The van der Waals surface area contributed by atoms with Gasteiger partial charge in [0.2, 0.25) is 5.91 Å². The molecule has 0 aliphatic rings. The highest BCUT2D eigenvalue weighted by atomic mass is 35.5. The molecule has 2 aromatic rings. The van der Waals surface area contributed by atoms with Crippen molar-refractivity contribution in [1.29, 1.82) is 0 Å². The standard InChI is InChI=1S/C16H19ClN4O.3C2H6/c1-10-4-6-13(7-5-10)16-20-14(17)11(2)15(21-16)19-9-8-18-12(3)22;3*1-2/h4-7H,8-9H2,1-3H3,(H,18,22)(H,19,20,21);3*1-2H3. The summed E-state index contributed by atoms with van der Waals surface area (Å²) >= 11 is 6.20. The zero-order valence-corrected chi connectivity index (χ0v) is 19.7. The van der Waals surface area contributed by atoms with Crippen LogP contribution in [0.25, 0.3) is 11.4 Å². The normalized spacial score (nSPS) is 8.79. The number of rotatable bonds is 5. The highest BCUT2D eigenvalue weighted by molar-refractivity contribution is 6.30. The van der Waals surface area contributed by atoms with E-state index >= 15 is 0 Å². The maximum atomic E-state index is 10.9. The minimum atomic E-state index is -0.0559. The quantitative estimate of drug-likeness (QED) is 0.467. The molecule has 1 amide bonds. The number of halogens is 1. The van der Waals surface area contributed by atoms with E-state index in [1.54, 1.807) is 0 Å². The lowest BCUT2D eigenvalue weighted by Gasteiger charge is -2.12. The molecule has 0 radical (unpaired) electrons. The molecule has 2 N–H and O–H groups in total. The lowest BCUT2D eigenvalue weighted by molar-refractivity contribution is -0.118. The molecule has 158 valence electrons. The van der Waals surface area contributed by atoms with Crippen LogP contribution in [0.2, 0.25) is 5.15 Å². The largest absolute Gasteiger partial charge is 0.368 e.